The van der Waals surface area contributed by atoms with Crippen LogP contribution in [0.2, 0.25) is 0 Å². The Balaban J connectivity index is 1.92. The maximum absolute atomic E-state index is 12.4. The second-order valence-electron chi connectivity index (χ2n) is 7.54. The predicted octanol–water partition coefficient (Wildman–Crippen LogP) is 2.02. The van der Waals surface area contributed by atoms with Crippen LogP contribution in [0.15, 0.2) is 24.4 Å². The minimum Gasteiger partial charge on any atom is -0.493 e. The van der Waals surface area contributed by atoms with Crippen LogP contribution in [0, 0.1) is 10.8 Å². The first-order valence-electron chi connectivity index (χ1n) is 10.9. The van der Waals surface area contributed by atoms with Crippen molar-refractivity contribution in [1.82, 2.24) is 15.2 Å². The van der Waals surface area contributed by atoms with Gasteiger partial charge < -0.3 is 34.9 Å². The molecule has 0 saturated carbocycles. The Morgan fingerprint density at radius 1 is 1.24 bits per heavy atom. The number of amidine groups is 1. The summed E-state index contributed by atoms with van der Waals surface area (Å²) in [5.74, 6) is 1.34. The number of nitrogen functional groups attached to an aromatic ring is 1. The largest absolute Gasteiger partial charge is 0.493 e. The van der Waals surface area contributed by atoms with Gasteiger partial charge in [0.25, 0.3) is 6.02 Å². The highest BCUT2D eigenvalue weighted by molar-refractivity contribution is 7.86. The molecule has 1 aliphatic heterocycles. The van der Waals surface area contributed by atoms with Crippen LogP contribution in [0.4, 0.5) is 11.5 Å². The quantitative estimate of drug-likeness (QED) is 0.278. The minimum atomic E-state index is -1.30. The molecule has 12 heteroatoms. The van der Waals surface area contributed by atoms with Crippen molar-refractivity contribution in [2.75, 3.05) is 56.6 Å². The number of nitrogens with zero attached hydrogens (tertiary/aromatic N) is 2. The Morgan fingerprint density at radius 2 is 1.97 bits per heavy atom. The zero-order chi connectivity index (χ0) is 24.7. The molecule has 0 spiro atoms. The number of nitrogens with two attached hydrogens (primary N) is 1. The maximum atomic E-state index is 12.4. The first kappa shape index (κ1) is 25.2. The van der Waals surface area contributed by atoms with Gasteiger partial charge >= 0.3 is 0 Å². The topological polar surface area (TPSA) is 159 Å². The number of methoxy groups -OCH3 is 2. The monoisotopic (exact) mass is 489 g/mol. The van der Waals surface area contributed by atoms with Crippen LogP contribution in [-0.2, 0) is 15.7 Å². The lowest BCUT2D eigenvalue weighted by atomic mass is 10.0. The summed E-state index contributed by atoms with van der Waals surface area (Å²) in [6, 6.07) is 5.07. The van der Waals surface area contributed by atoms with Crippen molar-refractivity contribution in [3.05, 3.63) is 30.0 Å². The molecule has 2 heterocycles. The Kier molecular flexibility index (Phi) is 8.66. The first-order valence-corrected chi connectivity index (χ1v) is 12.2. The summed E-state index contributed by atoms with van der Waals surface area (Å²) in [6.07, 6.45) is 2.19. The lowest BCUT2D eigenvalue weighted by Gasteiger charge is -2.28. The Morgan fingerprint density at radius 3 is 2.62 bits per heavy atom. The van der Waals surface area contributed by atoms with E-state index in [0.717, 1.165) is 19.5 Å². The number of ether oxygens (including phenoxy) is 3. The van der Waals surface area contributed by atoms with E-state index in [2.05, 4.69) is 15.0 Å². The van der Waals surface area contributed by atoms with Crippen molar-refractivity contribution in [2.45, 2.75) is 13.3 Å². The fourth-order valence-corrected chi connectivity index (χ4v) is 4.34. The van der Waals surface area contributed by atoms with Crippen LogP contribution < -0.4 is 25.2 Å². The summed E-state index contributed by atoms with van der Waals surface area (Å²) >= 11 is 0. The summed E-state index contributed by atoms with van der Waals surface area (Å²) in [4.78, 5) is 5.99. The van der Waals surface area contributed by atoms with Gasteiger partial charge in [0.1, 0.15) is 16.8 Å². The zero-order valence-corrected chi connectivity index (χ0v) is 20.4. The van der Waals surface area contributed by atoms with E-state index < -0.39 is 11.0 Å². The molecule has 0 amide bonds. The number of anilines is 2. The van der Waals surface area contributed by atoms with Crippen molar-refractivity contribution in [1.29, 1.82) is 10.8 Å². The summed E-state index contributed by atoms with van der Waals surface area (Å²) in [5, 5.41) is 19.7. The number of pyridine rings is 1. The Bertz CT molecular complexity index is 1070. The Labute approximate surface area is 201 Å². The van der Waals surface area contributed by atoms with Crippen LogP contribution in [-0.4, -0.2) is 72.2 Å². The van der Waals surface area contributed by atoms with Crippen LogP contribution in [0.3, 0.4) is 0 Å². The molecule has 3 rings (SSSR count). The minimum absolute atomic E-state index is 0.0825. The van der Waals surface area contributed by atoms with E-state index in [0.29, 0.717) is 52.7 Å². The van der Waals surface area contributed by atoms with Crippen molar-refractivity contribution >= 4 is 34.4 Å². The highest BCUT2D eigenvalue weighted by Crippen LogP contribution is 2.41. The molecule has 0 radical (unpaired) electrons. The van der Waals surface area contributed by atoms with E-state index in [-0.39, 0.29) is 17.7 Å². The standard InChI is InChI=1S/C22H31N7O4S/c1-4-9-34(30)28-17-11-14(12-18(31-2)19(17)32-3)16-10-15(13-27-20(16)23)21(24)33-22(25)29-7-5-26-6-8-29/h10-13,24-26,28H,4-9H2,1-3H3,(H2,23,27). The molecule has 1 atom stereocenters. The molecule has 184 valence electrons. The SMILES string of the molecule is CCCS(=O)Nc1cc(-c2cc(C(=N)OC(=N)N3CCNCC3)cnc2N)cc(OC)c1OC. The zero-order valence-electron chi connectivity index (χ0n) is 19.6. The molecule has 6 N–H and O–H groups in total. The van der Waals surface area contributed by atoms with Gasteiger partial charge in [0.15, 0.2) is 11.5 Å². The van der Waals surface area contributed by atoms with Crippen LogP contribution >= 0.6 is 0 Å². The summed E-state index contributed by atoms with van der Waals surface area (Å²) in [7, 11) is 1.72. The van der Waals surface area contributed by atoms with Gasteiger partial charge in [-0.05, 0) is 30.2 Å². The number of hydrogen-bond donors (Lipinski definition) is 5. The molecule has 1 saturated heterocycles. The number of nitrogens with one attached hydrogen (secondary N) is 4. The van der Waals surface area contributed by atoms with Crippen LogP contribution in [0.25, 0.3) is 11.1 Å². The predicted molar refractivity (Wildman–Crippen MR) is 134 cm³/mol. The third-order valence-corrected chi connectivity index (χ3v) is 6.41. The van der Waals surface area contributed by atoms with Crippen molar-refractivity contribution in [3.63, 3.8) is 0 Å². The van der Waals surface area contributed by atoms with Crippen molar-refractivity contribution in [2.24, 2.45) is 0 Å². The third-order valence-electron chi connectivity index (χ3n) is 5.19. The molecule has 1 unspecified atom stereocenters. The molecular weight excluding hydrogens is 458 g/mol. The summed E-state index contributed by atoms with van der Waals surface area (Å²) < 4.78 is 31.8. The third kappa shape index (κ3) is 5.94. The van der Waals surface area contributed by atoms with E-state index >= 15 is 0 Å². The normalized spacial score (nSPS) is 14.3. The number of rotatable bonds is 8. The average molecular weight is 490 g/mol. The van der Waals surface area contributed by atoms with Crippen LogP contribution in [0.5, 0.6) is 11.5 Å². The molecule has 0 aliphatic carbocycles. The van der Waals surface area contributed by atoms with Gasteiger partial charge in [-0.3, -0.25) is 10.8 Å². The number of benzene rings is 1. The van der Waals surface area contributed by atoms with Crippen molar-refractivity contribution < 1.29 is 18.4 Å². The summed E-state index contributed by atoms with van der Waals surface area (Å²) in [5.41, 5.74) is 8.18. The average Bonchev–Trinajstić information content (AvgIpc) is 2.84. The lowest BCUT2D eigenvalue weighted by Crippen LogP contribution is -2.47. The molecule has 34 heavy (non-hydrogen) atoms. The second kappa shape index (κ2) is 11.7. The molecule has 1 fully saturated rings. The Hall–Kier alpha value is -3.38. The van der Waals surface area contributed by atoms with Gasteiger partial charge in [-0.2, -0.15) is 0 Å². The second-order valence-corrected chi connectivity index (χ2v) is 8.84. The molecule has 1 aromatic carbocycles. The van der Waals surface area contributed by atoms with E-state index in [4.69, 9.17) is 30.8 Å². The van der Waals surface area contributed by atoms with Gasteiger partial charge in [0.2, 0.25) is 5.90 Å². The van der Waals surface area contributed by atoms with E-state index in [9.17, 15) is 4.21 Å². The molecule has 2 aromatic rings. The molecule has 11 nitrogen and oxygen atoms in total. The van der Waals surface area contributed by atoms with Crippen LogP contribution in [0.1, 0.15) is 18.9 Å². The molecule has 0 bridgehead atoms. The number of aromatic nitrogens is 1. The van der Waals surface area contributed by atoms with Gasteiger partial charge in [-0.1, -0.05) is 6.92 Å². The summed E-state index contributed by atoms with van der Waals surface area (Å²) in [6.45, 7) is 4.73. The van der Waals surface area contributed by atoms with Gasteiger partial charge in [0.05, 0.1) is 25.5 Å². The first-order chi connectivity index (χ1) is 16.4. The van der Waals surface area contributed by atoms with E-state index in [1.54, 1.807) is 23.1 Å². The molecule has 1 aromatic heterocycles. The smallest absolute Gasteiger partial charge is 0.291 e. The maximum Gasteiger partial charge on any atom is 0.291 e. The highest BCUT2D eigenvalue weighted by Gasteiger charge is 2.20. The van der Waals surface area contributed by atoms with E-state index in [1.807, 2.05) is 6.92 Å². The van der Waals surface area contributed by atoms with Gasteiger partial charge in [-0.15, -0.1) is 0 Å². The number of hydrogen-bond acceptors (Lipinski definition) is 9. The number of piperazine rings is 1. The highest BCUT2D eigenvalue weighted by atomic mass is 32.2. The molecule has 1 aliphatic rings. The van der Waals surface area contributed by atoms with E-state index in [1.165, 1.54) is 20.4 Å². The van der Waals surface area contributed by atoms with Gasteiger partial charge in [-0.25, -0.2) is 9.19 Å². The fourth-order valence-electron chi connectivity index (χ4n) is 3.47. The lowest BCUT2D eigenvalue weighted by molar-refractivity contribution is 0.295. The fraction of sp³-hybridized carbons (Fsp3) is 0.409. The van der Waals surface area contributed by atoms with Gasteiger partial charge in [0, 0.05) is 43.7 Å². The molecular formula is C22H31N7O4S. The van der Waals surface area contributed by atoms with Crippen molar-refractivity contribution in [3.8, 4) is 22.6 Å².